The van der Waals surface area contributed by atoms with Crippen molar-refractivity contribution in [3.8, 4) is 0 Å². The minimum absolute atomic E-state index is 0.167. The van der Waals surface area contributed by atoms with Gasteiger partial charge in [-0.2, -0.15) is 0 Å². The second kappa shape index (κ2) is 6.48. The fraction of sp³-hybridized carbons (Fsp3) is 0.294. The first-order valence-corrected chi connectivity index (χ1v) is 6.68. The fourth-order valence-electron chi connectivity index (χ4n) is 2.44. The molecule has 1 unspecified atom stereocenters. The minimum atomic E-state index is -0.167. The Morgan fingerprint density at radius 3 is 2.47 bits per heavy atom. The van der Waals surface area contributed by atoms with Crippen LogP contribution in [-0.4, -0.2) is 7.05 Å². The maximum Gasteiger partial charge on any atom is 0.123 e. The van der Waals surface area contributed by atoms with Gasteiger partial charge in [0.1, 0.15) is 5.82 Å². The van der Waals surface area contributed by atoms with Crippen LogP contribution in [0.15, 0.2) is 48.5 Å². The molecule has 1 N–H and O–H groups in total. The summed E-state index contributed by atoms with van der Waals surface area (Å²) in [4.78, 5) is 0. The molecule has 2 heteroatoms. The predicted octanol–water partition coefficient (Wildman–Crippen LogP) is 4.03. The number of nitrogens with one attached hydrogen (secondary N) is 1. The van der Waals surface area contributed by atoms with E-state index < -0.39 is 0 Å². The van der Waals surface area contributed by atoms with Crippen LogP contribution in [0.5, 0.6) is 0 Å². The average molecular weight is 257 g/mol. The zero-order valence-corrected chi connectivity index (χ0v) is 11.5. The topological polar surface area (TPSA) is 12.0 Å². The van der Waals surface area contributed by atoms with Gasteiger partial charge in [0, 0.05) is 6.04 Å². The van der Waals surface area contributed by atoms with E-state index in [-0.39, 0.29) is 11.9 Å². The molecule has 0 heterocycles. The summed E-state index contributed by atoms with van der Waals surface area (Å²) in [5.74, 6) is -0.167. The molecule has 0 amide bonds. The third kappa shape index (κ3) is 3.65. The molecule has 0 aliphatic rings. The molecule has 0 radical (unpaired) electrons. The Kier molecular flexibility index (Phi) is 4.69. The maximum absolute atomic E-state index is 13.1. The van der Waals surface area contributed by atoms with E-state index in [1.807, 2.05) is 26.1 Å². The van der Waals surface area contributed by atoms with Crippen molar-refractivity contribution in [1.29, 1.82) is 0 Å². The van der Waals surface area contributed by atoms with Crippen molar-refractivity contribution in [1.82, 2.24) is 5.32 Å². The normalized spacial score (nSPS) is 12.4. The van der Waals surface area contributed by atoms with Crippen molar-refractivity contribution in [2.24, 2.45) is 0 Å². The summed E-state index contributed by atoms with van der Waals surface area (Å²) >= 11 is 0. The van der Waals surface area contributed by atoms with Crippen LogP contribution in [0.25, 0.3) is 0 Å². The lowest BCUT2D eigenvalue weighted by atomic mass is 9.95. The van der Waals surface area contributed by atoms with Gasteiger partial charge in [-0.15, -0.1) is 0 Å². The second-order valence-corrected chi connectivity index (χ2v) is 4.87. The highest BCUT2D eigenvalue weighted by atomic mass is 19.1. The third-order valence-corrected chi connectivity index (χ3v) is 3.52. The van der Waals surface area contributed by atoms with Crippen molar-refractivity contribution in [3.05, 3.63) is 71.0 Å². The Morgan fingerprint density at radius 1 is 1.11 bits per heavy atom. The summed E-state index contributed by atoms with van der Waals surface area (Å²) in [7, 11) is 1.96. The van der Waals surface area contributed by atoms with Crippen molar-refractivity contribution in [2.75, 3.05) is 7.05 Å². The summed E-state index contributed by atoms with van der Waals surface area (Å²) in [5.41, 5.74) is 3.52. The Morgan fingerprint density at radius 2 is 1.84 bits per heavy atom. The van der Waals surface area contributed by atoms with Crippen molar-refractivity contribution in [3.63, 3.8) is 0 Å². The Labute approximate surface area is 114 Å². The molecule has 2 aromatic rings. The molecular weight excluding hydrogens is 237 g/mol. The number of hydrogen-bond acceptors (Lipinski definition) is 1. The average Bonchev–Trinajstić information content (AvgIpc) is 2.42. The first kappa shape index (κ1) is 13.8. The molecule has 0 aliphatic heterocycles. The lowest BCUT2D eigenvalue weighted by molar-refractivity contribution is 0.544. The molecule has 19 heavy (non-hydrogen) atoms. The summed E-state index contributed by atoms with van der Waals surface area (Å²) in [5, 5.41) is 3.33. The quantitative estimate of drug-likeness (QED) is 0.852. The number of halogens is 1. The lowest BCUT2D eigenvalue weighted by Gasteiger charge is -2.19. The Balaban J connectivity index is 2.08. The van der Waals surface area contributed by atoms with Gasteiger partial charge in [-0.25, -0.2) is 4.39 Å². The van der Waals surface area contributed by atoms with Crippen LogP contribution in [0.4, 0.5) is 4.39 Å². The summed E-state index contributed by atoms with van der Waals surface area (Å²) in [6.45, 7) is 1.96. The van der Waals surface area contributed by atoms with Crippen LogP contribution in [0.3, 0.4) is 0 Å². The fourth-order valence-corrected chi connectivity index (χ4v) is 2.44. The monoisotopic (exact) mass is 257 g/mol. The van der Waals surface area contributed by atoms with Gasteiger partial charge in [0.15, 0.2) is 0 Å². The number of rotatable bonds is 5. The maximum atomic E-state index is 13.1. The number of hydrogen-bond donors (Lipinski definition) is 1. The third-order valence-electron chi connectivity index (χ3n) is 3.52. The van der Waals surface area contributed by atoms with Gasteiger partial charge in [0.2, 0.25) is 0 Å². The summed E-state index contributed by atoms with van der Waals surface area (Å²) in [6.07, 6.45) is 2.02. The zero-order valence-electron chi connectivity index (χ0n) is 11.5. The molecule has 1 atom stereocenters. The first-order valence-electron chi connectivity index (χ1n) is 6.68. The number of aryl methyl sites for hydroxylation is 2. The SMILES string of the molecule is CNC(CCc1ccccc1)c1ccc(F)cc1C. The standard InChI is InChI=1S/C17H20FN/c1-13-12-15(18)9-10-16(13)17(19-2)11-8-14-6-4-3-5-7-14/h3-7,9-10,12,17,19H,8,11H2,1-2H3. The molecule has 0 saturated heterocycles. The van der Waals surface area contributed by atoms with E-state index in [1.54, 1.807) is 6.07 Å². The zero-order chi connectivity index (χ0) is 13.7. The molecule has 0 saturated carbocycles. The van der Waals surface area contributed by atoms with Gasteiger partial charge >= 0.3 is 0 Å². The molecular formula is C17H20FN. The van der Waals surface area contributed by atoms with E-state index in [0.717, 1.165) is 18.4 Å². The van der Waals surface area contributed by atoms with Gasteiger partial charge in [-0.05, 0) is 55.6 Å². The van der Waals surface area contributed by atoms with Gasteiger partial charge < -0.3 is 5.32 Å². The molecule has 100 valence electrons. The van der Waals surface area contributed by atoms with Crippen LogP contribution in [0.2, 0.25) is 0 Å². The smallest absolute Gasteiger partial charge is 0.123 e. The van der Waals surface area contributed by atoms with Crippen LogP contribution >= 0.6 is 0 Å². The largest absolute Gasteiger partial charge is 0.313 e. The van der Waals surface area contributed by atoms with Crippen molar-refractivity contribution in [2.45, 2.75) is 25.8 Å². The molecule has 0 bridgehead atoms. The molecule has 2 aromatic carbocycles. The van der Waals surface area contributed by atoms with E-state index in [2.05, 4.69) is 29.6 Å². The predicted molar refractivity (Wildman–Crippen MR) is 77.7 cm³/mol. The van der Waals surface area contributed by atoms with Crippen LogP contribution < -0.4 is 5.32 Å². The molecule has 0 aromatic heterocycles. The van der Waals surface area contributed by atoms with Crippen molar-refractivity contribution >= 4 is 0 Å². The second-order valence-electron chi connectivity index (χ2n) is 4.87. The van der Waals surface area contributed by atoms with E-state index in [4.69, 9.17) is 0 Å². The van der Waals surface area contributed by atoms with Gasteiger partial charge in [0.25, 0.3) is 0 Å². The highest BCUT2D eigenvalue weighted by Crippen LogP contribution is 2.22. The van der Waals surface area contributed by atoms with Crippen LogP contribution in [0, 0.1) is 12.7 Å². The Bertz CT molecular complexity index is 522. The molecule has 1 nitrogen and oxygen atoms in total. The van der Waals surface area contributed by atoms with Crippen LogP contribution in [0.1, 0.15) is 29.2 Å². The Hall–Kier alpha value is -1.67. The first-order chi connectivity index (χ1) is 9.20. The highest BCUT2D eigenvalue weighted by molar-refractivity contribution is 5.29. The molecule has 0 spiro atoms. The van der Waals surface area contributed by atoms with E-state index in [1.165, 1.54) is 17.2 Å². The lowest BCUT2D eigenvalue weighted by Crippen LogP contribution is -2.18. The summed E-state index contributed by atoms with van der Waals surface area (Å²) in [6, 6.07) is 15.7. The van der Waals surface area contributed by atoms with E-state index in [9.17, 15) is 4.39 Å². The van der Waals surface area contributed by atoms with E-state index >= 15 is 0 Å². The van der Waals surface area contributed by atoms with Crippen LogP contribution in [-0.2, 0) is 6.42 Å². The van der Waals surface area contributed by atoms with E-state index in [0.29, 0.717) is 0 Å². The molecule has 0 fully saturated rings. The highest BCUT2D eigenvalue weighted by Gasteiger charge is 2.12. The molecule has 2 rings (SSSR count). The van der Waals surface area contributed by atoms with Crippen molar-refractivity contribution < 1.29 is 4.39 Å². The summed E-state index contributed by atoms with van der Waals surface area (Å²) < 4.78 is 13.1. The molecule has 0 aliphatic carbocycles. The minimum Gasteiger partial charge on any atom is -0.313 e. The number of benzene rings is 2. The van der Waals surface area contributed by atoms with Gasteiger partial charge in [0.05, 0.1) is 0 Å². The van der Waals surface area contributed by atoms with Gasteiger partial charge in [-0.3, -0.25) is 0 Å². The van der Waals surface area contributed by atoms with Gasteiger partial charge in [-0.1, -0.05) is 36.4 Å².